The molecule has 1 N–H and O–H groups in total. The minimum atomic E-state index is 0.578. The summed E-state index contributed by atoms with van der Waals surface area (Å²) in [6, 6.07) is 2.73. The van der Waals surface area contributed by atoms with Gasteiger partial charge in [0.25, 0.3) is 0 Å². The lowest BCUT2D eigenvalue weighted by Gasteiger charge is -2.37. The molecule has 3 rings (SSSR count). The Morgan fingerprint density at radius 1 is 1.24 bits per heavy atom. The SMILES string of the molecule is CCCNc1cc(N2CCC(C)CC2C)nc(C2CC2)n1. The van der Waals surface area contributed by atoms with E-state index < -0.39 is 0 Å². The fraction of sp³-hybridized carbons (Fsp3) is 0.765. The van der Waals surface area contributed by atoms with Gasteiger partial charge in [-0.05, 0) is 44.9 Å². The first-order chi connectivity index (χ1) is 10.2. The monoisotopic (exact) mass is 288 g/mol. The molecule has 0 radical (unpaired) electrons. The highest BCUT2D eigenvalue weighted by atomic mass is 15.2. The molecule has 1 aliphatic heterocycles. The first-order valence-corrected chi connectivity index (χ1v) is 8.57. The second-order valence-electron chi connectivity index (χ2n) is 6.84. The Morgan fingerprint density at radius 2 is 2.05 bits per heavy atom. The van der Waals surface area contributed by atoms with Crippen molar-refractivity contribution in [3.8, 4) is 0 Å². The quantitative estimate of drug-likeness (QED) is 0.894. The molecule has 1 saturated heterocycles. The largest absolute Gasteiger partial charge is 0.370 e. The third kappa shape index (κ3) is 3.47. The summed E-state index contributed by atoms with van der Waals surface area (Å²) < 4.78 is 0. The number of rotatable bonds is 5. The fourth-order valence-electron chi connectivity index (χ4n) is 3.22. The number of nitrogens with one attached hydrogen (secondary N) is 1. The van der Waals surface area contributed by atoms with Crippen LogP contribution in [0.2, 0.25) is 0 Å². The van der Waals surface area contributed by atoms with Gasteiger partial charge in [0, 0.05) is 31.1 Å². The van der Waals surface area contributed by atoms with Crippen LogP contribution in [0.25, 0.3) is 0 Å². The average molecular weight is 288 g/mol. The molecule has 2 heterocycles. The Hall–Kier alpha value is -1.32. The van der Waals surface area contributed by atoms with Crippen LogP contribution in [0.3, 0.4) is 0 Å². The topological polar surface area (TPSA) is 41.0 Å². The van der Waals surface area contributed by atoms with Crippen molar-refractivity contribution in [2.24, 2.45) is 5.92 Å². The van der Waals surface area contributed by atoms with Crippen molar-refractivity contribution in [3.05, 3.63) is 11.9 Å². The predicted molar refractivity (Wildman–Crippen MR) is 88.0 cm³/mol. The zero-order valence-corrected chi connectivity index (χ0v) is 13.6. The van der Waals surface area contributed by atoms with Crippen LogP contribution in [-0.2, 0) is 0 Å². The van der Waals surface area contributed by atoms with Gasteiger partial charge in [-0.15, -0.1) is 0 Å². The zero-order chi connectivity index (χ0) is 14.8. The summed E-state index contributed by atoms with van der Waals surface area (Å²) in [6.07, 6.45) is 6.16. The number of piperidine rings is 1. The summed E-state index contributed by atoms with van der Waals surface area (Å²) in [7, 11) is 0. The summed E-state index contributed by atoms with van der Waals surface area (Å²) >= 11 is 0. The van der Waals surface area contributed by atoms with Crippen molar-refractivity contribution in [2.45, 2.75) is 64.8 Å². The summed E-state index contributed by atoms with van der Waals surface area (Å²) in [6.45, 7) is 8.97. The molecule has 0 aromatic carbocycles. The lowest BCUT2D eigenvalue weighted by atomic mass is 9.93. The van der Waals surface area contributed by atoms with Crippen molar-refractivity contribution in [3.63, 3.8) is 0 Å². The van der Waals surface area contributed by atoms with E-state index in [9.17, 15) is 0 Å². The molecule has 1 aliphatic carbocycles. The maximum absolute atomic E-state index is 4.88. The standard InChI is InChI=1S/C17H28N4/c1-4-8-18-15-11-16(20-17(19-15)14-5-6-14)21-9-7-12(2)10-13(21)3/h11-14H,4-10H2,1-3H3,(H,18,19,20). The van der Waals surface area contributed by atoms with Crippen LogP contribution >= 0.6 is 0 Å². The first-order valence-electron chi connectivity index (χ1n) is 8.57. The number of aromatic nitrogens is 2. The van der Waals surface area contributed by atoms with Gasteiger partial charge >= 0.3 is 0 Å². The van der Waals surface area contributed by atoms with E-state index in [1.165, 1.54) is 25.7 Å². The zero-order valence-electron chi connectivity index (χ0n) is 13.6. The van der Waals surface area contributed by atoms with Gasteiger partial charge in [-0.25, -0.2) is 9.97 Å². The Labute approximate surface area is 128 Å². The van der Waals surface area contributed by atoms with E-state index >= 15 is 0 Å². The summed E-state index contributed by atoms with van der Waals surface area (Å²) in [5, 5.41) is 3.44. The molecular weight excluding hydrogens is 260 g/mol. The fourth-order valence-corrected chi connectivity index (χ4v) is 3.22. The van der Waals surface area contributed by atoms with Crippen molar-refractivity contribution >= 4 is 11.6 Å². The lowest BCUT2D eigenvalue weighted by molar-refractivity contribution is 0.375. The smallest absolute Gasteiger partial charge is 0.136 e. The molecule has 4 nitrogen and oxygen atoms in total. The van der Waals surface area contributed by atoms with E-state index in [-0.39, 0.29) is 0 Å². The summed E-state index contributed by atoms with van der Waals surface area (Å²) in [4.78, 5) is 12.1. The molecule has 1 saturated carbocycles. The van der Waals surface area contributed by atoms with E-state index in [4.69, 9.17) is 9.97 Å². The van der Waals surface area contributed by atoms with Crippen molar-refractivity contribution < 1.29 is 0 Å². The number of hydrogen-bond donors (Lipinski definition) is 1. The molecule has 1 aromatic heterocycles. The molecule has 2 aliphatic rings. The highest BCUT2D eigenvalue weighted by molar-refractivity contribution is 5.51. The van der Waals surface area contributed by atoms with Gasteiger partial charge in [-0.3, -0.25) is 0 Å². The van der Waals surface area contributed by atoms with E-state index in [1.54, 1.807) is 0 Å². The maximum atomic E-state index is 4.88. The van der Waals surface area contributed by atoms with Gasteiger partial charge in [0.15, 0.2) is 0 Å². The van der Waals surface area contributed by atoms with E-state index in [0.29, 0.717) is 12.0 Å². The summed E-state index contributed by atoms with van der Waals surface area (Å²) in [5.41, 5.74) is 0. The molecule has 0 bridgehead atoms. The van der Waals surface area contributed by atoms with Crippen LogP contribution in [0.4, 0.5) is 11.6 Å². The highest BCUT2D eigenvalue weighted by Gasteiger charge is 2.29. The van der Waals surface area contributed by atoms with Gasteiger partial charge in [-0.1, -0.05) is 13.8 Å². The molecule has 0 amide bonds. The van der Waals surface area contributed by atoms with Crippen LogP contribution in [-0.4, -0.2) is 29.1 Å². The molecule has 21 heavy (non-hydrogen) atoms. The van der Waals surface area contributed by atoms with Crippen molar-refractivity contribution in [1.82, 2.24) is 9.97 Å². The molecular formula is C17H28N4. The van der Waals surface area contributed by atoms with Crippen LogP contribution in [0, 0.1) is 5.92 Å². The Balaban J connectivity index is 1.84. The van der Waals surface area contributed by atoms with Crippen LogP contribution in [0.5, 0.6) is 0 Å². The minimum absolute atomic E-state index is 0.578. The molecule has 0 spiro atoms. The molecule has 2 unspecified atom stereocenters. The molecule has 116 valence electrons. The number of hydrogen-bond acceptors (Lipinski definition) is 4. The van der Waals surface area contributed by atoms with Crippen LogP contribution in [0.15, 0.2) is 6.07 Å². The van der Waals surface area contributed by atoms with E-state index in [0.717, 1.165) is 42.9 Å². The normalized spacial score (nSPS) is 26.0. The van der Waals surface area contributed by atoms with Gasteiger partial charge in [0.1, 0.15) is 17.5 Å². The van der Waals surface area contributed by atoms with E-state index in [2.05, 4.69) is 37.1 Å². The Morgan fingerprint density at radius 3 is 2.71 bits per heavy atom. The molecule has 2 atom stereocenters. The highest BCUT2D eigenvalue weighted by Crippen LogP contribution is 2.39. The molecule has 4 heteroatoms. The maximum Gasteiger partial charge on any atom is 0.136 e. The third-order valence-electron chi connectivity index (χ3n) is 4.66. The minimum Gasteiger partial charge on any atom is -0.370 e. The second kappa shape index (κ2) is 6.20. The van der Waals surface area contributed by atoms with E-state index in [1.807, 2.05) is 0 Å². The average Bonchev–Trinajstić information content (AvgIpc) is 3.29. The van der Waals surface area contributed by atoms with Gasteiger partial charge < -0.3 is 10.2 Å². The summed E-state index contributed by atoms with van der Waals surface area (Å²) in [5.74, 6) is 4.63. The molecule has 2 fully saturated rings. The second-order valence-corrected chi connectivity index (χ2v) is 6.84. The van der Waals surface area contributed by atoms with Crippen molar-refractivity contribution in [2.75, 3.05) is 23.3 Å². The Bertz CT molecular complexity index is 484. The van der Waals surface area contributed by atoms with Crippen molar-refractivity contribution in [1.29, 1.82) is 0 Å². The van der Waals surface area contributed by atoms with Gasteiger partial charge in [-0.2, -0.15) is 0 Å². The predicted octanol–water partition coefficient (Wildman–Crippen LogP) is 3.80. The van der Waals surface area contributed by atoms with Crippen LogP contribution < -0.4 is 10.2 Å². The third-order valence-corrected chi connectivity index (χ3v) is 4.66. The van der Waals surface area contributed by atoms with Crippen LogP contribution in [0.1, 0.15) is 64.6 Å². The lowest BCUT2D eigenvalue weighted by Crippen LogP contribution is -2.40. The number of anilines is 2. The van der Waals surface area contributed by atoms with Gasteiger partial charge in [0.2, 0.25) is 0 Å². The Kier molecular flexibility index (Phi) is 4.32. The van der Waals surface area contributed by atoms with Gasteiger partial charge in [0.05, 0.1) is 0 Å². The first kappa shape index (κ1) is 14.6. The molecule has 1 aromatic rings. The number of nitrogens with zero attached hydrogens (tertiary/aromatic N) is 3.